The van der Waals surface area contributed by atoms with Gasteiger partial charge in [-0.15, -0.1) is 11.7 Å². The van der Waals surface area contributed by atoms with E-state index in [9.17, 15) is 10.1 Å². The fraction of sp³-hybridized carbons (Fsp3) is 0.211. The van der Waals surface area contributed by atoms with Crippen LogP contribution in [0.5, 0.6) is 5.88 Å². The summed E-state index contributed by atoms with van der Waals surface area (Å²) in [5.74, 6) is -0.113. The Labute approximate surface area is 150 Å². The molecular weight excluding hydrogens is 330 g/mol. The number of para-hydroxylation sites is 1. The number of nitrogens with one attached hydrogen (secondary N) is 1. The van der Waals surface area contributed by atoms with Gasteiger partial charge >= 0.3 is 0 Å². The third-order valence-corrected chi connectivity index (χ3v) is 4.95. The third-order valence-electron chi connectivity index (χ3n) is 4.95. The second kappa shape index (κ2) is 5.49. The molecule has 1 amide bonds. The number of nitriles is 1. The van der Waals surface area contributed by atoms with Gasteiger partial charge in [0.25, 0.3) is 0 Å². The van der Waals surface area contributed by atoms with Gasteiger partial charge in [0.15, 0.2) is 0 Å². The maximum atomic E-state index is 13.7. The lowest BCUT2D eigenvalue weighted by Crippen LogP contribution is -2.46. The fourth-order valence-corrected chi connectivity index (χ4v) is 3.93. The monoisotopic (exact) mass is 347 g/mol. The van der Waals surface area contributed by atoms with Crippen molar-refractivity contribution in [3.63, 3.8) is 0 Å². The molecule has 2 aromatic rings. The van der Waals surface area contributed by atoms with Gasteiger partial charge in [0.1, 0.15) is 17.1 Å². The number of hydrogen-bond donors (Lipinski definition) is 2. The number of rotatable bonds is 3. The number of ether oxygens (including phenoxy) is 1. The van der Waals surface area contributed by atoms with Crippen molar-refractivity contribution in [3.05, 3.63) is 65.2 Å². The highest BCUT2D eigenvalue weighted by molar-refractivity contribution is 6.14. The number of benzene rings is 1. The summed E-state index contributed by atoms with van der Waals surface area (Å²) in [6.07, 6.45) is 2.26. The van der Waals surface area contributed by atoms with Crippen LogP contribution in [0.1, 0.15) is 23.7 Å². The van der Waals surface area contributed by atoms with Gasteiger partial charge < -0.3 is 15.4 Å². The van der Waals surface area contributed by atoms with E-state index in [1.807, 2.05) is 31.2 Å². The van der Waals surface area contributed by atoms with Gasteiger partial charge in [-0.25, -0.2) is 0 Å². The van der Waals surface area contributed by atoms with Crippen molar-refractivity contribution in [1.82, 2.24) is 10.2 Å². The second-order valence-electron chi connectivity index (χ2n) is 6.16. The summed E-state index contributed by atoms with van der Waals surface area (Å²) >= 11 is 0. The van der Waals surface area contributed by atoms with Gasteiger partial charge in [-0.05, 0) is 12.5 Å². The Bertz CT molecular complexity index is 1010. The highest BCUT2D eigenvalue weighted by atomic mass is 16.5. The molecule has 0 saturated carbocycles. The molecule has 26 heavy (non-hydrogen) atoms. The number of fused-ring (bicyclic) bond motifs is 4. The molecule has 0 saturated heterocycles. The lowest BCUT2D eigenvalue weighted by molar-refractivity contribution is -0.120. The van der Waals surface area contributed by atoms with E-state index >= 15 is 0 Å². The maximum absolute atomic E-state index is 13.7. The first kappa shape index (κ1) is 16.0. The van der Waals surface area contributed by atoms with Crippen molar-refractivity contribution in [1.29, 1.82) is 5.26 Å². The molecular formula is C19H17N5O2. The first-order chi connectivity index (χ1) is 12.6. The van der Waals surface area contributed by atoms with Crippen LogP contribution >= 0.6 is 0 Å². The molecule has 1 aromatic heterocycles. The summed E-state index contributed by atoms with van der Waals surface area (Å²) < 4.78 is 5.56. The first-order valence-electron chi connectivity index (χ1n) is 8.29. The number of carbonyl (C=O) groups excluding carboxylic acids is 1. The summed E-state index contributed by atoms with van der Waals surface area (Å²) in [7, 11) is 0. The van der Waals surface area contributed by atoms with Crippen molar-refractivity contribution < 1.29 is 9.53 Å². The van der Waals surface area contributed by atoms with Gasteiger partial charge in [-0.2, -0.15) is 5.26 Å². The van der Waals surface area contributed by atoms with E-state index in [1.165, 1.54) is 0 Å². The summed E-state index contributed by atoms with van der Waals surface area (Å²) in [5, 5.41) is 17.0. The van der Waals surface area contributed by atoms with Crippen LogP contribution in [0.25, 0.3) is 0 Å². The van der Waals surface area contributed by atoms with Crippen LogP contribution in [0.4, 0.5) is 5.69 Å². The Morgan fingerprint density at radius 1 is 1.50 bits per heavy atom. The number of aromatic nitrogens is 2. The van der Waals surface area contributed by atoms with Crippen molar-refractivity contribution in [2.24, 2.45) is 5.73 Å². The van der Waals surface area contributed by atoms with E-state index in [2.05, 4.69) is 22.8 Å². The van der Waals surface area contributed by atoms with Gasteiger partial charge in [0, 0.05) is 23.5 Å². The topological polar surface area (TPSA) is 108 Å². The number of amides is 1. The highest BCUT2D eigenvalue weighted by Gasteiger charge is 2.60. The molecule has 3 heterocycles. The summed E-state index contributed by atoms with van der Waals surface area (Å²) in [6, 6.07) is 9.53. The number of aromatic amines is 1. The van der Waals surface area contributed by atoms with Crippen molar-refractivity contribution in [2.45, 2.75) is 18.8 Å². The molecule has 130 valence electrons. The Balaban J connectivity index is 2.15. The summed E-state index contributed by atoms with van der Waals surface area (Å²) in [4.78, 5) is 15.3. The summed E-state index contributed by atoms with van der Waals surface area (Å²) in [6.45, 7) is 6.02. The zero-order chi connectivity index (χ0) is 18.5. The smallest absolute Gasteiger partial charge is 0.248 e. The largest absolute Gasteiger partial charge is 0.420 e. The minimum Gasteiger partial charge on any atom is -0.420 e. The van der Waals surface area contributed by atoms with Crippen LogP contribution in [-0.4, -0.2) is 22.6 Å². The molecule has 0 bridgehead atoms. The normalized spacial score (nSPS) is 20.6. The molecule has 1 spiro atoms. The van der Waals surface area contributed by atoms with E-state index in [4.69, 9.17) is 10.5 Å². The van der Waals surface area contributed by atoms with Crippen LogP contribution in [0.2, 0.25) is 0 Å². The molecule has 2 aliphatic rings. The van der Waals surface area contributed by atoms with Crippen LogP contribution < -0.4 is 15.4 Å². The molecule has 0 unspecified atom stereocenters. The third kappa shape index (κ3) is 1.70. The highest BCUT2D eigenvalue weighted by Crippen LogP contribution is 2.55. The van der Waals surface area contributed by atoms with Crippen LogP contribution in [0.15, 0.2) is 48.4 Å². The van der Waals surface area contributed by atoms with Crippen molar-refractivity contribution >= 4 is 11.6 Å². The van der Waals surface area contributed by atoms with E-state index in [1.54, 1.807) is 11.0 Å². The molecule has 1 atom stereocenters. The number of H-pyrrole nitrogens is 1. The predicted octanol–water partition coefficient (Wildman–Crippen LogP) is 1.88. The Kier molecular flexibility index (Phi) is 3.37. The first-order valence-corrected chi connectivity index (χ1v) is 8.29. The van der Waals surface area contributed by atoms with Gasteiger partial charge in [-0.3, -0.25) is 9.89 Å². The SMILES string of the molecule is C=CCN1C(=O)[C@@]2(C(C#N)=C(N)Oc3n[nH]c(CC)c32)c2ccccc21. The van der Waals surface area contributed by atoms with Crippen LogP contribution in [0, 0.1) is 11.3 Å². The number of nitrogens with zero attached hydrogens (tertiary/aromatic N) is 3. The minimum absolute atomic E-state index is 0.0881. The van der Waals surface area contributed by atoms with E-state index in [0.717, 1.165) is 11.4 Å². The number of aryl methyl sites for hydroxylation is 1. The molecule has 2 aliphatic heterocycles. The summed E-state index contributed by atoms with van der Waals surface area (Å²) in [5.41, 5.74) is 7.51. The second-order valence-corrected chi connectivity index (χ2v) is 6.16. The maximum Gasteiger partial charge on any atom is 0.248 e. The van der Waals surface area contributed by atoms with Crippen molar-refractivity contribution in [3.8, 4) is 11.9 Å². The van der Waals surface area contributed by atoms with Crippen LogP contribution in [0.3, 0.4) is 0 Å². The standard InChI is InChI=1S/C19H17N5O2/c1-3-9-24-14-8-6-5-7-11(14)19(18(24)25)12(10-20)16(21)26-17-15(19)13(4-2)22-23-17/h3,5-8H,1,4,9,21H2,2H3,(H,22,23)/t19-/m1/s1. The predicted molar refractivity (Wildman–Crippen MR) is 95.2 cm³/mol. The molecule has 1 aromatic carbocycles. The average Bonchev–Trinajstić information content (AvgIpc) is 3.16. The van der Waals surface area contributed by atoms with Crippen LogP contribution in [-0.2, 0) is 16.6 Å². The number of hydrogen-bond acceptors (Lipinski definition) is 5. The van der Waals surface area contributed by atoms with E-state index in [-0.39, 0.29) is 23.2 Å². The molecule has 7 nitrogen and oxygen atoms in total. The van der Waals surface area contributed by atoms with Gasteiger partial charge in [0.2, 0.25) is 17.7 Å². The van der Waals surface area contributed by atoms with Gasteiger partial charge in [0.05, 0.1) is 5.56 Å². The molecule has 0 radical (unpaired) electrons. The fourth-order valence-electron chi connectivity index (χ4n) is 3.93. The zero-order valence-corrected chi connectivity index (χ0v) is 14.2. The van der Waals surface area contributed by atoms with E-state index in [0.29, 0.717) is 24.1 Å². The minimum atomic E-state index is -1.36. The number of anilines is 1. The molecule has 0 fully saturated rings. The molecule has 0 aliphatic carbocycles. The Hall–Kier alpha value is -3.53. The Morgan fingerprint density at radius 2 is 2.27 bits per heavy atom. The number of nitrogens with two attached hydrogens (primary N) is 1. The average molecular weight is 347 g/mol. The van der Waals surface area contributed by atoms with Gasteiger partial charge in [-0.1, -0.05) is 31.2 Å². The lowest BCUT2D eigenvalue weighted by Gasteiger charge is -2.32. The lowest BCUT2D eigenvalue weighted by atomic mass is 9.69. The molecule has 7 heteroatoms. The van der Waals surface area contributed by atoms with Crippen molar-refractivity contribution in [2.75, 3.05) is 11.4 Å². The van der Waals surface area contributed by atoms with E-state index < -0.39 is 5.41 Å². The quantitative estimate of drug-likeness (QED) is 0.824. The molecule has 4 rings (SSSR count). The number of carbonyl (C=O) groups is 1. The zero-order valence-electron chi connectivity index (χ0n) is 14.2. The molecule has 3 N–H and O–H groups in total. The Morgan fingerprint density at radius 3 is 2.96 bits per heavy atom.